The van der Waals surface area contributed by atoms with Gasteiger partial charge in [-0.15, -0.1) is 0 Å². The smallest absolute Gasteiger partial charge is 0.318 e. The Morgan fingerprint density at radius 2 is 1.68 bits per heavy atom. The Hall–Kier alpha value is -2.07. The van der Waals surface area contributed by atoms with Crippen LogP contribution in [0.3, 0.4) is 0 Å². The Morgan fingerprint density at radius 3 is 2.24 bits per heavy atom. The van der Waals surface area contributed by atoms with Gasteiger partial charge < -0.3 is 10.2 Å². The maximum atomic E-state index is 13.1. The average Bonchev–Trinajstić information content (AvgIpc) is 3.45. The zero-order valence-electron chi connectivity index (χ0n) is 14.4. The summed E-state index contributed by atoms with van der Waals surface area (Å²) in [4.78, 5) is 14.4. The number of hydrogen-bond acceptors (Lipinski definition) is 1. The lowest BCUT2D eigenvalue weighted by atomic mass is 10.0. The highest BCUT2D eigenvalue weighted by atomic mass is 35.5. The third kappa shape index (κ3) is 4.31. The second kappa shape index (κ2) is 7.44. The minimum absolute atomic E-state index is 0.00682. The molecule has 2 aromatic carbocycles. The van der Waals surface area contributed by atoms with E-state index in [9.17, 15) is 9.18 Å². The number of benzene rings is 2. The Morgan fingerprint density at radius 1 is 1.12 bits per heavy atom. The molecule has 0 bridgehead atoms. The molecular weight excluding hydrogens is 339 g/mol. The zero-order chi connectivity index (χ0) is 18.0. The highest BCUT2D eigenvalue weighted by Gasteiger charge is 2.34. The molecule has 1 N–H and O–H groups in total. The minimum atomic E-state index is -0.278. The zero-order valence-corrected chi connectivity index (χ0v) is 15.1. The van der Waals surface area contributed by atoms with Crippen LogP contribution in [0.2, 0.25) is 5.02 Å². The van der Waals surface area contributed by atoms with Crippen molar-refractivity contribution in [1.29, 1.82) is 0 Å². The fraction of sp³-hybridized carbons (Fsp3) is 0.350. The van der Waals surface area contributed by atoms with Gasteiger partial charge in [-0.05, 0) is 61.1 Å². The van der Waals surface area contributed by atoms with E-state index in [0.717, 1.165) is 24.0 Å². The fourth-order valence-electron chi connectivity index (χ4n) is 2.95. The van der Waals surface area contributed by atoms with Crippen LogP contribution in [-0.2, 0) is 0 Å². The molecule has 2 aromatic rings. The summed E-state index contributed by atoms with van der Waals surface area (Å²) in [7, 11) is 1.76. The van der Waals surface area contributed by atoms with Gasteiger partial charge in [0.25, 0.3) is 0 Å². The number of urea groups is 1. The normalized spacial score (nSPS) is 16.2. The van der Waals surface area contributed by atoms with Crippen LogP contribution in [-0.4, -0.2) is 18.0 Å². The average molecular weight is 361 g/mol. The van der Waals surface area contributed by atoms with Crippen molar-refractivity contribution in [3.05, 3.63) is 70.5 Å². The van der Waals surface area contributed by atoms with Crippen LogP contribution < -0.4 is 5.32 Å². The molecule has 1 aliphatic carbocycles. The molecule has 0 aromatic heterocycles. The summed E-state index contributed by atoms with van der Waals surface area (Å²) in [5.41, 5.74) is 1.97. The third-order valence-electron chi connectivity index (χ3n) is 4.86. The molecule has 0 heterocycles. The molecule has 0 radical (unpaired) electrons. The molecule has 0 spiro atoms. The Balaban J connectivity index is 1.70. The van der Waals surface area contributed by atoms with Crippen molar-refractivity contribution >= 4 is 17.6 Å². The summed E-state index contributed by atoms with van der Waals surface area (Å²) in [6.07, 6.45) is 2.23. The monoisotopic (exact) mass is 360 g/mol. The number of carbonyl (C=O) groups excluding carboxylic acids is 1. The van der Waals surface area contributed by atoms with Crippen molar-refractivity contribution in [3.8, 4) is 0 Å². The highest BCUT2D eigenvalue weighted by Crippen LogP contribution is 2.41. The molecule has 0 aliphatic heterocycles. The standard InChI is InChI=1S/C20H22ClFN2O/c1-13(14-7-11-18(22)12-8-14)24(2)20(25)23-19(15-3-4-15)16-5-9-17(21)10-6-16/h5-13,15,19H,3-4H2,1-2H3,(H,23,25). The van der Waals surface area contributed by atoms with E-state index >= 15 is 0 Å². The molecule has 3 nitrogen and oxygen atoms in total. The molecule has 3 rings (SSSR count). The quantitative estimate of drug-likeness (QED) is 0.767. The van der Waals surface area contributed by atoms with E-state index in [2.05, 4.69) is 5.32 Å². The number of amides is 2. The SMILES string of the molecule is CC(c1ccc(F)cc1)N(C)C(=O)NC(c1ccc(Cl)cc1)C1CC1. The van der Waals surface area contributed by atoms with Crippen LogP contribution >= 0.6 is 11.6 Å². The Bertz CT molecular complexity index is 728. The molecule has 5 heteroatoms. The van der Waals surface area contributed by atoms with Crippen molar-refractivity contribution in [2.75, 3.05) is 7.05 Å². The van der Waals surface area contributed by atoms with Crippen molar-refractivity contribution < 1.29 is 9.18 Å². The van der Waals surface area contributed by atoms with Gasteiger partial charge in [0, 0.05) is 12.1 Å². The molecule has 2 amide bonds. The summed E-state index contributed by atoms with van der Waals surface area (Å²) >= 11 is 5.97. The van der Waals surface area contributed by atoms with Gasteiger partial charge in [0.1, 0.15) is 5.82 Å². The molecule has 0 saturated heterocycles. The van der Waals surface area contributed by atoms with E-state index in [1.807, 2.05) is 31.2 Å². The van der Waals surface area contributed by atoms with Crippen LogP contribution in [0.4, 0.5) is 9.18 Å². The predicted octanol–water partition coefficient (Wildman–Crippen LogP) is 5.33. The van der Waals surface area contributed by atoms with Crippen molar-refractivity contribution in [2.24, 2.45) is 5.92 Å². The second-order valence-corrected chi connectivity index (χ2v) is 7.09. The number of hydrogen-bond donors (Lipinski definition) is 1. The maximum absolute atomic E-state index is 13.1. The number of nitrogens with zero attached hydrogens (tertiary/aromatic N) is 1. The van der Waals surface area contributed by atoms with E-state index in [0.29, 0.717) is 10.9 Å². The fourth-order valence-corrected chi connectivity index (χ4v) is 3.07. The van der Waals surface area contributed by atoms with Gasteiger partial charge in [-0.2, -0.15) is 0 Å². The van der Waals surface area contributed by atoms with Gasteiger partial charge in [0.05, 0.1) is 12.1 Å². The first-order valence-electron chi connectivity index (χ1n) is 8.50. The van der Waals surface area contributed by atoms with E-state index in [1.54, 1.807) is 24.1 Å². The van der Waals surface area contributed by atoms with Gasteiger partial charge >= 0.3 is 6.03 Å². The van der Waals surface area contributed by atoms with Gasteiger partial charge in [-0.1, -0.05) is 35.9 Å². The summed E-state index contributed by atoms with van der Waals surface area (Å²) < 4.78 is 13.1. The number of halogens is 2. The third-order valence-corrected chi connectivity index (χ3v) is 5.11. The van der Waals surface area contributed by atoms with Crippen LogP contribution in [0.15, 0.2) is 48.5 Å². The first-order chi connectivity index (χ1) is 12.0. The largest absolute Gasteiger partial charge is 0.331 e. The molecule has 2 atom stereocenters. The number of carbonyl (C=O) groups is 1. The van der Waals surface area contributed by atoms with Crippen LogP contribution in [0, 0.1) is 11.7 Å². The first kappa shape index (κ1) is 17.7. The summed E-state index contributed by atoms with van der Waals surface area (Å²) in [6.45, 7) is 1.93. The number of nitrogens with one attached hydrogen (secondary N) is 1. The van der Waals surface area contributed by atoms with Crippen molar-refractivity contribution in [1.82, 2.24) is 10.2 Å². The lowest BCUT2D eigenvalue weighted by molar-refractivity contribution is 0.189. The molecule has 132 valence electrons. The summed E-state index contributed by atoms with van der Waals surface area (Å²) in [5.74, 6) is 0.194. The minimum Gasteiger partial charge on any atom is -0.331 e. The van der Waals surface area contributed by atoms with Gasteiger partial charge in [0.15, 0.2) is 0 Å². The van der Waals surface area contributed by atoms with Crippen LogP contribution in [0.5, 0.6) is 0 Å². The van der Waals surface area contributed by atoms with Gasteiger partial charge in [-0.3, -0.25) is 0 Å². The van der Waals surface area contributed by atoms with Crippen molar-refractivity contribution in [3.63, 3.8) is 0 Å². The molecule has 2 unspecified atom stereocenters. The van der Waals surface area contributed by atoms with Crippen LogP contribution in [0.25, 0.3) is 0 Å². The summed E-state index contributed by atoms with van der Waals surface area (Å²) in [5, 5.41) is 3.83. The summed E-state index contributed by atoms with van der Waals surface area (Å²) in [6, 6.07) is 13.6. The second-order valence-electron chi connectivity index (χ2n) is 6.65. The first-order valence-corrected chi connectivity index (χ1v) is 8.88. The van der Waals surface area contributed by atoms with E-state index in [4.69, 9.17) is 11.6 Å². The van der Waals surface area contributed by atoms with E-state index in [1.165, 1.54) is 12.1 Å². The lowest BCUT2D eigenvalue weighted by Gasteiger charge is -2.28. The molecule has 1 aliphatic rings. The van der Waals surface area contributed by atoms with Gasteiger partial charge in [-0.25, -0.2) is 9.18 Å². The van der Waals surface area contributed by atoms with Crippen molar-refractivity contribution in [2.45, 2.75) is 31.8 Å². The highest BCUT2D eigenvalue weighted by molar-refractivity contribution is 6.30. The topological polar surface area (TPSA) is 32.3 Å². The molecule has 25 heavy (non-hydrogen) atoms. The molecule has 1 saturated carbocycles. The van der Waals surface area contributed by atoms with Gasteiger partial charge in [0.2, 0.25) is 0 Å². The number of rotatable bonds is 5. The molecule has 1 fully saturated rings. The van der Waals surface area contributed by atoms with E-state index in [-0.39, 0.29) is 23.9 Å². The molecular formula is C20H22ClFN2O. The lowest BCUT2D eigenvalue weighted by Crippen LogP contribution is -2.41. The maximum Gasteiger partial charge on any atom is 0.318 e. The van der Waals surface area contributed by atoms with Crippen LogP contribution in [0.1, 0.15) is 43.0 Å². The Kier molecular flexibility index (Phi) is 5.28. The van der Waals surface area contributed by atoms with E-state index < -0.39 is 0 Å². The predicted molar refractivity (Wildman–Crippen MR) is 98.0 cm³/mol. The Labute approximate surface area is 152 Å².